The van der Waals surface area contributed by atoms with Crippen LogP contribution in [0, 0.1) is 0 Å². The molecule has 0 aliphatic carbocycles. The van der Waals surface area contributed by atoms with Crippen molar-refractivity contribution in [3.05, 3.63) is 71.8 Å². The first kappa shape index (κ1) is 12.1. The van der Waals surface area contributed by atoms with Gasteiger partial charge in [-0.3, -0.25) is 0 Å². The molecule has 2 aromatic carbocycles. The lowest BCUT2D eigenvalue weighted by Gasteiger charge is -2.24. The topological polar surface area (TPSA) is 36.8 Å². The van der Waals surface area contributed by atoms with Gasteiger partial charge in [0, 0.05) is 11.1 Å². The Bertz CT molecular complexity index is 622. The normalized spacial score (nSPS) is 21.6. The lowest BCUT2D eigenvalue weighted by atomic mass is 10.1. The molecule has 0 saturated heterocycles. The summed E-state index contributed by atoms with van der Waals surface area (Å²) in [5, 5.41) is 3.09. The van der Waals surface area contributed by atoms with Crippen LogP contribution in [0.5, 0.6) is 0 Å². The summed E-state index contributed by atoms with van der Waals surface area (Å²) in [5.41, 5.74) is 2.04. The quantitative estimate of drug-likeness (QED) is 0.670. The van der Waals surface area contributed by atoms with Gasteiger partial charge in [0.2, 0.25) is 4.57 Å². The fraction of sp³-hybridized carbons (Fsp3) is 0.0667. The molecule has 3 nitrogen and oxygen atoms in total. The van der Waals surface area contributed by atoms with Crippen molar-refractivity contribution in [2.45, 2.75) is 4.57 Å². The first-order chi connectivity index (χ1) is 9.28. The molecule has 0 radical (unpaired) electrons. The zero-order valence-corrected chi connectivity index (χ0v) is 11.7. The van der Waals surface area contributed by atoms with Crippen molar-refractivity contribution < 1.29 is 0 Å². The summed E-state index contributed by atoms with van der Waals surface area (Å²) >= 11 is 3.62. The van der Waals surface area contributed by atoms with Gasteiger partial charge in [0.1, 0.15) is 5.84 Å². The number of nitrogens with zero attached hydrogens (tertiary/aromatic N) is 2. The first-order valence-corrected chi connectivity index (χ1v) is 6.77. The molecule has 0 fully saturated rings. The van der Waals surface area contributed by atoms with Crippen LogP contribution in [0.2, 0.25) is 0 Å². The van der Waals surface area contributed by atoms with Gasteiger partial charge >= 0.3 is 0 Å². The molecular formula is C15H12BrN3. The van der Waals surface area contributed by atoms with Crippen molar-refractivity contribution in [3.8, 4) is 0 Å². The highest BCUT2D eigenvalue weighted by Gasteiger charge is 2.29. The van der Waals surface area contributed by atoms with Crippen LogP contribution in [0.25, 0.3) is 0 Å². The van der Waals surface area contributed by atoms with Gasteiger partial charge in [0.25, 0.3) is 0 Å². The van der Waals surface area contributed by atoms with Crippen LogP contribution in [0.4, 0.5) is 0 Å². The number of alkyl halides is 1. The van der Waals surface area contributed by atoms with Crippen molar-refractivity contribution >= 4 is 28.1 Å². The zero-order chi connectivity index (χ0) is 13.1. The van der Waals surface area contributed by atoms with Gasteiger partial charge in [0.05, 0.1) is 6.34 Å². The molecule has 1 N–H and O–H groups in total. The van der Waals surface area contributed by atoms with Crippen LogP contribution < -0.4 is 5.32 Å². The van der Waals surface area contributed by atoms with Gasteiger partial charge in [-0.1, -0.05) is 60.7 Å². The van der Waals surface area contributed by atoms with E-state index in [-0.39, 0.29) is 0 Å². The second-order valence-electron chi connectivity index (χ2n) is 4.18. The van der Waals surface area contributed by atoms with Gasteiger partial charge in [-0.15, -0.1) is 0 Å². The van der Waals surface area contributed by atoms with Crippen LogP contribution >= 0.6 is 15.9 Å². The number of hydrogen-bond acceptors (Lipinski definition) is 3. The number of hydrogen-bond donors (Lipinski definition) is 1. The van der Waals surface area contributed by atoms with E-state index >= 15 is 0 Å². The molecule has 1 heterocycles. The lowest BCUT2D eigenvalue weighted by molar-refractivity contribution is 0.707. The largest absolute Gasteiger partial charge is 0.331 e. The molecule has 1 atom stereocenters. The number of rotatable bonds is 2. The molecule has 3 rings (SSSR count). The molecule has 0 saturated carbocycles. The van der Waals surface area contributed by atoms with Crippen LogP contribution in [-0.4, -0.2) is 12.2 Å². The second-order valence-corrected chi connectivity index (χ2v) is 5.29. The van der Waals surface area contributed by atoms with E-state index in [4.69, 9.17) is 0 Å². The smallest absolute Gasteiger partial charge is 0.235 e. The monoisotopic (exact) mass is 313 g/mol. The van der Waals surface area contributed by atoms with E-state index in [1.807, 2.05) is 60.7 Å². The van der Waals surface area contributed by atoms with Gasteiger partial charge in [-0.05, 0) is 15.9 Å². The Balaban J connectivity index is 2.02. The summed E-state index contributed by atoms with van der Waals surface area (Å²) in [6, 6.07) is 19.9. The number of amidine groups is 1. The maximum absolute atomic E-state index is 4.68. The zero-order valence-electron chi connectivity index (χ0n) is 10.1. The molecule has 4 heteroatoms. The Hall–Kier alpha value is -1.94. The van der Waals surface area contributed by atoms with Crippen LogP contribution in [0.1, 0.15) is 11.1 Å². The lowest BCUT2D eigenvalue weighted by Crippen LogP contribution is -2.32. The van der Waals surface area contributed by atoms with Crippen LogP contribution in [0.15, 0.2) is 70.6 Å². The fourth-order valence-corrected chi connectivity index (χ4v) is 2.47. The third-order valence-electron chi connectivity index (χ3n) is 2.89. The van der Waals surface area contributed by atoms with Crippen LogP contribution in [0.3, 0.4) is 0 Å². The Kier molecular flexibility index (Phi) is 3.17. The SMILES string of the molecule is BrC1(c2ccccc2)N=CNC(c2ccccc2)=N1. The van der Waals surface area contributed by atoms with Crippen molar-refractivity contribution in [1.82, 2.24) is 5.32 Å². The minimum Gasteiger partial charge on any atom is -0.331 e. The summed E-state index contributed by atoms with van der Waals surface area (Å²) in [6.07, 6.45) is 1.68. The standard InChI is InChI=1S/C15H12BrN3/c16-15(13-9-5-2-6-10-13)18-11-17-14(19-15)12-7-3-1-4-8-12/h1-11H,(H,17,18,19). The molecule has 2 aromatic rings. The summed E-state index contributed by atoms with van der Waals surface area (Å²) in [6.45, 7) is 0. The van der Waals surface area contributed by atoms with E-state index in [0.29, 0.717) is 0 Å². The van der Waals surface area contributed by atoms with Gasteiger partial charge in [0.15, 0.2) is 0 Å². The van der Waals surface area contributed by atoms with Crippen molar-refractivity contribution in [2.75, 3.05) is 0 Å². The molecule has 19 heavy (non-hydrogen) atoms. The molecular weight excluding hydrogens is 302 g/mol. The second kappa shape index (κ2) is 4.97. The molecule has 0 amide bonds. The van der Waals surface area contributed by atoms with Gasteiger partial charge in [-0.25, -0.2) is 9.98 Å². The van der Waals surface area contributed by atoms with E-state index in [0.717, 1.165) is 17.0 Å². The molecule has 1 unspecified atom stereocenters. The predicted molar refractivity (Wildman–Crippen MR) is 81.7 cm³/mol. The average Bonchev–Trinajstić information content (AvgIpc) is 2.49. The number of nitrogens with one attached hydrogen (secondary N) is 1. The minimum atomic E-state index is -0.745. The molecule has 94 valence electrons. The van der Waals surface area contributed by atoms with Crippen molar-refractivity contribution in [2.24, 2.45) is 9.98 Å². The highest BCUT2D eigenvalue weighted by Crippen LogP contribution is 2.35. The summed E-state index contributed by atoms with van der Waals surface area (Å²) in [7, 11) is 0. The molecule has 1 aliphatic heterocycles. The molecule has 0 aromatic heterocycles. The number of halogens is 1. The van der Waals surface area contributed by atoms with Crippen LogP contribution in [-0.2, 0) is 4.57 Å². The van der Waals surface area contributed by atoms with Gasteiger partial charge in [-0.2, -0.15) is 0 Å². The average molecular weight is 314 g/mol. The molecule has 0 spiro atoms. The summed E-state index contributed by atoms with van der Waals surface area (Å²) in [5.74, 6) is 0.802. The number of aliphatic imine (C=N–C) groups is 2. The van der Waals surface area contributed by atoms with Crippen molar-refractivity contribution in [3.63, 3.8) is 0 Å². The first-order valence-electron chi connectivity index (χ1n) is 5.98. The Morgan fingerprint density at radius 1 is 0.895 bits per heavy atom. The Morgan fingerprint density at radius 3 is 2.21 bits per heavy atom. The van der Waals surface area contributed by atoms with Crippen molar-refractivity contribution in [1.29, 1.82) is 0 Å². The highest BCUT2D eigenvalue weighted by molar-refractivity contribution is 9.09. The fourth-order valence-electron chi connectivity index (χ4n) is 1.92. The Labute approximate surface area is 120 Å². The third-order valence-corrected chi connectivity index (χ3v) is 3.73. The summed E-state index contributed by atoms with van der Waals surface area (Å²) in [4.78, 5) is 9.08. The Morgan fingerprint density at radius 2 is 1.53 bits per heavy atom. The third kappa shape index (κ3) is 2.44. The highest BCUT2D eigenvalue weighted by atomic mass is 79.9. The maximum Gasteiger partial charge on any atom is 0.235 e. The molecule has 0 bridgehead atoms. The van der Waals surface area contributed by atoms with E-state index in [1.165, 1.54) is 0 Å². The maximum atomic E-state index is 4.68. The summed E-state index contributed by atoms with van der Waals surface area (Å²) < 4.78 is -0.745. The van der Waals surface area contributed by atoms with E-state index in [2.05, 4.69) is 31.2 Å². The minimum absolute atomic E-state index is 0.745. The number of benzene rings is 2. The predicted octanol–water partition coefficient (Wildman–Crippen LogP) is 3.27. The van der Waals surface area contributed by atoms with E-state index < -0.39 is 4.57 Å². The van der Waals surface area contributed by atoms with E-state index in [1.54, 1.807) is 6.34 Å². The van der Waals surface area contributed by atoms with Gasteiger partial charge < -0.3 is 5.32 Å². The van der Waals surface area contributed by atoms with E-state index in [9.17, 15) is 0 Å². The molecule has 1 aliphatic rings.